The van der Waals surface area contributed by atoms with Gasteiger partial charge in [-0.05, 0) is 64.6 Å². The van der Waals surface area contributed by atoms with Gasteiger partial charge in [-0.2, -0.15) is 0 Å². The van der Waals surface area contributed by atoms with Crippen LogP contribution in [0.1, 0.15) is 61.0 Å². The lowest BCUT2D eigenvalue weighted by atomic mass is 9.93. The van der Waals surface area contributed by atoms with Crippen LogP contribution < -0.4 is 10.3 Å². The molecule has 0 radical (unpaired) electrons. The van der Waals surface area contributed by atoms with Crippen molar-refractivity contribution in [3.05, 3.63) is 39.4 Å². The average molecular weight is 458 g/mol. The van der Waals surface area contributed by atoms with E-state index in [-0.39, 0.29) is 29.7 Å². The Balaban J connectivity index is 1.51. The summed E-state index contributed by atoms with van der Waals surface area (Å²) in [6.45, 7) is 6.14. The number of likely N-dealkylation sites (tertiary alicyclic amines) is 1. The summed E-state index contributed by atoms with van der Waals surface area (Å²) in [6, 6.07) is 1.37. The second kappa shape index (κ2) is 9.06. The normalized spacial score (nSPS) is 21.7. The van der Waals surface area contributed by atoms with Gasteiger partial charge in [-0.15, -0.1) is 0 Å². The zero-order valence-corrected chi connectivity index (χ0v) is 19.2. The van der Waals surface area contributed by atoms with Crippen molar-refractivity contribution in [2.45, 2.75) is 57.6 Å². The number of carbonyl (C=O) groups excluding carboxylic acids is 1. The van der Waals surface area contributed by atoms with Gasteiger partial charge in [0.2, 0.25) is 5.43 Å². The van der Waals surface area contributed by atoms with E-state index in [1.807, 2.05) is 9.47 Å². The molecule has 1 aromatic carbocycles. The third-order valence-electron chi connectivity index (χ3n) is 7.47. The van der Waals surface area contributed by atoms with E-state index in [2.05, 4.69) is 11.8 Å². The van der Waals surface area contributed by atoms with Crippen molar-refractivity contribution < 1.29 is 19.0 Å². The van der Waals surface area contributed by atoms with Crippen LogP contribution in [0.3, 0.4) is 0 Å². The predicted molar refractivity (Wildman–Crippen MR) is 125 cm³/mol. The van der Waals surface area contributed by atoms with Crippen molar-refractivity contribution in [1.29, 1.82) is 0 Å². The summed E-state index contributed by atoms with van der Waals surface area (Å²) in [5.74, 6) is -1.08. The molecule has 0 unspecified atom stereocenters. The van der Waals surface area contributed by atoms with E-state index in [0.29, 0.717) is 44.6 Å². The largest absolute Gasteiger partial charge is 0.461 e. The van der Waals surface area contributed by atoms with Crippen molar-refractivity contribution in [1.82, 2.24) is 9.47 Å². The first kappa shape index (κ1) is 22.3. The number of aromatic nitrogens is 1. The van der Waals surface area contributed by atoms with Crippen molar-refractivity contribution in [3.8, 4) is 0 Å². The van der Waals surface area contributed by atoms with E-state index < -0.39 is 17.2 Å². The van der Waals surface area contributed by atoms with E-state index in [1.54, 1.807) is 6.20 Å². The fraction of sp³-hybridized carbons (Fsp3) is 0.600. The lowest BCUT2D eigenvalue weighted by Gasteiger charge is -2.36. The molecule has 0 spiro atoms. The summed E-state index contributed by atoms with van der Waals surface area (Å²) >= 11 is 0. The highest BCUT2D eigenvalue weighted by atomic mass is 19.1. The van der Waals surface area contributed by atoms with Gasteiger partial charge in [-0.1, -0.05) is 0 Å². The van der Waals surface area contributed by atoms with Crippen LogP contribution in [0.5, 0.6) is 0 Å². The molecule has 1 atom stereocenters. The minimum absolute atomic E-state index is 0.0307. The minimum atomic E-state index is -0.640. The maximum absolute atomic E-state index is 15.4. The molecular formula is C25H32FN3O4. The molecule has 2 fully saturated rings. The number of aliphatic hydroxyl groups excluding tert-OH is 1. The van der Waals surface area contributed by atoms with Gasteiger partial charge in [0.05, 0.1) is 17.3 Å². The molecule has 0 amide bonds. The molecule has 1 aromatic heterocycles. The van der Waals surface area contributed by atoms with Crippen LogP contribution in [0, 0.1) is 5.82 Å². The molecule has 33 heavy (non-hydrogen) atoms. The number of anilines is 1. The average Bonchev–Trinajstić information content (AvgIpc) is 3.31. The van der Waals surface area contributed by atoms with Gasteiger partial charge in [-0.3, -0.25) is 9.69 Å². The summed E-state index contributed by atoms with van der Waals surface area (Å²) < 4.78 is 22.8. The van der Waals surface area contributed by atoms with E-state index in [1.165, 1.54) is 6.07 Å². The molecule has 0 saturated carbocycles. The third-order valence-corrected chi connectivity index (χ3v) is 7.47. The van der Waals surface area contributed by atoms with Crippen LogP contribution in [-0.2, 0) is 11.2 Å². The monoisotopic (exact) mass is 457 g/mol. The van der Waals surface area contributed by atoms with Crippen molar-refractivity contribution in [2.75, 3.05) is 44.2 Å². The Morgan fingerprint density at radius 2 is 1.91 bits per heavy atom. The second-order valence-electron chi connectivity index (χ2n) is 9.65. The quantitative estimate of drug-likeness (QED) is 0.696. The third kappa shape index (κ3) is 4.15. The van der Waals surface area contributed by atoms with Crippen molar-refractivity contribution in [3.63, 3.8) is 0 Å². The summed E-state index contributed by atoms with van der Waals surface area (Å²) in [7, 11) is 0. The Labute approximate surface area is 192 Å². The summed E-state index contributed by atoms with van der Waals surface area (Å²) in [5, 5.41) is 10.1. The van der Waals surface area contributed by atoms with Crippen molar-refractivity contribution in [2.24, 2.45) is 0 Å². The van der Waals surface area contributed by atoms with Crippen LogP contribution in [0.15, 0.2) is 17.1 Å². The summed E-state index contributed by atoms with van der Waals surface area (Å²) in [5.41, 5.74) is 1.58. The van der Waals surface area contributed by atoms with Crippen LogP contribution in [0.2, 0.25) is 0 Å². The number of benzene rings is 1. The van der Waals surface area contributed by atoms with E-state index >= 15 is 4.39 Å². The molecule has 3 aliphatic heterocycles. The Kier molecular flexibility index (Phi) is 6.14. The minimum Gasteiger partial charge on any atom is -0.461 e. The molecule has 2 saturated heterocycles. The first-order valence-corrected chi connectivity index (χ1v) is 12.2. The number of carbonyl (C=O) groups is 1. The number of pyridine rings is 1. The fourth-order valence-electron chi connectivity index (χ4n) is 5.56. The van der Waals surface area contributed by atoms with Gasteiger partial charge in [-0.25, -0.2) is 9.18 Å². The van der Waals surface area contributed by atoms with Gasteiger partial charge in [0.1, 0.15) is 18.0 Å². The summed E-state index contributed by atoms with van der Waals surface area (Å²) in [6.07, 6.45) is 6.25. The topological polar surface area (TPSA) is 75.0 Å². The van der Waals surface area contributed by atoms with Crippen LogP contribution in [0.25, 0.3) is 10.9 Å². The Bertz CT molecular complexity index is 1120. The van der Waals surface area contributed by atoms with Gasteiger partial charge in [0.25, 0.3) is 0 Å². The maximum atomic E-state index is 15.4. The second-order valence-corrected chi connectivity index (χ2v) is 9.65. The van der Waals surface area contributed by atoms with E-state index in [4.69, 9.17) is 4.74 Å². The molecule has 5 rings (SSSR count). The van der Waals surface area contributed by atoms with Gasteiger partial charge in [0, 0.05) is 42.8 Å². The van der Waals surface area contributed by atoms with Crippen molar-refractivity contribution >= 4 is 22.6 Å². The Morgan fingerprint density at radius 1 is 1.18 bits per heavy atom. The van der Waals surface area contributed by atoms with E-state index in [9.17, 15) is 14.7 Å². The Morgan fingerprint density at radius 3 is 2.64 bits per heavy atom. The molecule has 178 valence electrons. The Hall–Kier alpha value is -2.45. The molecule has 2 aromatic rings. The van der Waals surface area contributed by atoms with Crippen LogP contribution >= 0.6 is 0 Å². The lowest BCUT2D eigenvalue weighted by Crippen LogP contribution is -2.37. The molecule has 0 aliphatic carbocycles. The highest BCUT2D eigenvalue weighted by Gasteiger charge is 2.30. The first-order valence-electron chi connectivity index (χ1n) is 12.2. The van der Waals surface area contributed by atoms with Crippen LogP contribution in [-0.4, -0.2) is 66.0 Å². The molecule has 3 aliphatic rings. The number of aryl methyl sites for hydroxylation is 1. The first-order chi connectivity index (χ1) is 15.9. The molecule has 7 nitrogen and oxygen atoms in total. The zero-order chi connectivity index (χ0) is 23.1. The number of rotatable bonds is 5. The smallest absolute Gasteiger partial charge is 0.343 e. The number of aliphatic hydroxyl groups is 1. The number of nitrogens with zero attached hydrogens (tertiary/aromatic N) is 3. The van der Waals surface area contributed by atoms with Crippen LogP contribution in [0.4, 0.5) is 10.1 Å². The standard InChI is InChI=1S/C25H32FN3O4/c1-16-4-5-18-22-19(14-21(26)23(18)28-10-6-17(30)7-11-28)24(31)20(15-29(16)22)25(32)33-13-12-27-8-2-3-9-27/h14-17,30H,2-13H2,1H3/t16-/m0/s1. The van der Waals surface area contributed by atoms with Gasteiger partial charge >= 0.3 is 5.97 Å². The lowest BCUT2D eigenvalue weighted by molar-refractivity contribution is 0.0470. The number of ether oxygens (including phenoxy) is 1. The van der Waals surface area contributed by atoms with Gasteiger partial charge in [0.15, 0.2) is 0 Å². The molecule has 1 N–H and O–H groups in total. The number of esters is 1. The highest BCUT2D eigenvalue weighted by Crippen LogP contribution is 2.38. The number of hydrogen-bond acceptors (Lipinski definition) is 6. The SMILES string of the molecule is C[C@H]1CCc2c(N3CCC(O)CC3)c(F)cc3c(=O)c(C(=O)OCCN4CCCC4)cn1c23. The van der Waals surface area contributed by atoms with E-state index in [0.717, 1.165) is 43.4 Å². The molecule has 0 bridgehead atoms. The zero-order valence-electron chi connectivity index (χ0n) is 19.2. The highest BCUT2D eigenvalue weighted by molar-refractivity contribution is 5.96. The molecule has 4 heterocycles. The summed E-state index contributed by atoms with van der Waals surface area (Å²) in [4.78, 5) is 30.3. The number of hydrogen-bond donors (Lipinski definition) is 1. The number of piperidine rings is 1. The van der Waals surface area contributed by atoms with Gasteiger partial charge < -0.3 is 19.3 Å². The maximum Gasteiger partial charge on any atom is 0.343 e. The number of halogens is 1. The molecular weight excluding hydrogens is 425 g/mol. The predicted octanol–water partition coefficient (Wildman–Crippen LogP) is 2.86. The fourth-order valence-corrected chi connectivity index (χ4v) is 5.56. The molecule has 8 heteroatoms.